The van der Waals surface area contributed by atoms with Crippen molar-refractivity contribution in [1.82, 2.24) is 5.32 Å². The molecule has 1 amide bonds. The Morgan fingerprint density at radius 2 is 1.86 bits per heavy atom. The Kier molecular flexibility index (Phi) is 7.13. The molecule has 0 heterocycles. The zero-order valence-corrected chi connectivity index (χ0v) is 16.6. The molecule has 0 spiro atoms. The molecule has 0 fully saturated rings. The number of nitrogens with zero attached hydrogens (tertiary/aromatic N) is 1. The van der Waals surface area contributed by atoms with E-state index in [4.69, 9.17) is 14.2 Å². The van der Waals surface area contributed by atoms with Crippen molar-refractivity contribution in [3.63, 3.8) is 0 Å². The maximum absolute atomic E-state index is 12.2. The van der Waals surface area contributed by atoms with Crippen molar-refractivity contribution < 1.29 is 28.7 Å². The van der Waals surface area contributed by atoms with Crippen molar-refractivity contribution in [3.8, 4) is 11.5 Å². The van der Waals surface area contributed by atoms with Crippen molar-refractivity contribution in [1.29, 1.82) is 0 Å². The first-order chi connectivity index (χ1) is 13.8. The third kappa shape index (κ3) is 5.44. The topological polar surface area (TPSA) is 117 Å². The summed E-state index contributed by atoms with van der Waals surface area (Å²) < 4.78 is 15.5. The zero-order valence-electron chi connectivity index (χ0n) is 16.6. The summed E-state index contributed by atoms with van der Waals surface area (Å²) in [5.74, 6) is -0.0575. The number of hydrogen-bond acceptors (Lipinski definition) is 7. The highest BCUT2D eigenvalue weighted by Crippen LogP contribution is 2.29. The molecule has 1 atom stereocenters. The molecule has 2 aromatic carbocycles. The number of esters is 1. The Hall–Kier alpha value is -3.62. The van der Waals surface area contributed by atoms with Gasteiger partial charge in [-0.15, -0.1) is 0 Å². The first-order valence-electron chi connectivity index (χ1n) is 8.70. The minimum Gasteiger partial charge on any atom is -0.497 e. The molecule has 0 aliphatic heterocycles. The van der Waals surface area contributed by atoms with E-state index in [0.29, 0.717) is 22.6 Å². The Morgan fingerprint density at radius 3 is 2.45 bits per heavy atom. The van der Waals surface area contributed by atoms with Gasteiger partial charge in [0.2, 0.25) is 0 Å². The van der Waals surface area contributed by atoms with Crippen LogP contribution in [0.2, 0.25) is 0 Å². The minimum absolute atomic E-state index is 0.0969. The van der Waals surface area contributed by atoms with Crippen molar-refractivity contribution >= 4 is 17.6 Å². The predicted octanol–water partition coefficient (Wildman–Crippen LogP) is 2.95. The van der Waals surface area contributed by atoms with E-state index < -0.39 is 29.4 Å². The molecule has 2 aromatic rings. The molecule has 2 rings (SSSR count). The summed E-state index contributed by atoms with van der Waals surface area (Å²) in [6.07, 6.45) is 0. The van der Waals surface area contributed by atoms with Crippen molar-refractivity contribution in [3.05, 3.63) is 63.2 Å². The smallest absolute Gasteiger partial charge is 0.338 e. The van der Waals surface area contributed by atoms with Crippen LogP contribution in [0.3, 0.4) is 0 Å². The number of methoxy groups -OCH3 is 2. The number of nitrogens with one attached hydrogen (secondary N) is 1. The molecule has 1 N–H and O–H groups in total. The highest BCUT2D eigenvalue weighted by Gasteiger charge is 2.18. The lowest BCUT2D eigenvalue weighted by Crippen LogP contribution is -2.31. The second kappa shape index (κ2) is 9.54. The minimum atomic E-state index is -0.746. The van der Waals surface area contributed by atoms with Crippen molar-refractivity contribution in [2.75, 3.05) is 20.8 Å². The Bertz CT molecular complexity index is 927. The number of benzene rings is 2. The standard InChI is InChI=1S/C20H22N2O7/c1-12-9-14(5-7-17(12)22(25)26)20(24)29-11-19(23)21-13(2)16-10-15(27-3)6-8-18(16)28-4/h5-10,13H,11H2,1-4H3,(H,21,23)/t13-/m1/s1. The van der Waals surface area contributed by atoms with Crippen molar-refractivity contribution in [2.45, 2.75) is 19.9 Å². The third-order valence-corrected chi connectivity index (χ3v) is 4.24. The average Bonchev–Trinajstić information content (AvgIpc) is 2.70. The molecule has 0 bridgehead atoms. The van der Waals surface area contributed by atoms with Crippen LogP contribution in [0.1, 0.15) is 34.5 Å². The molecule has 0 radical (unpaired) electrons. The van der Waals surface area contributed by atoms with Crippen LogP contribution in [0, 0.1) is 17.0 Å². The van der Waals surface area contributed by atoms with E-state index in [1.54, 1.807) is 25.1 Å². The van der Waals surface area contributed by atoms with Crippen molar-refractivity contribution in [2.24, 2.45) is 0 Å². The lowest BCUT2D eigenvalue weighted by molar-refractivity contribution is -0.385. The predicted molar refractivity (Wildman–Crippen MR) is 104 cm³/mol. The molecular weight excluding hydrogens is 380 g/mol. The Balaban J connectivity index is 1.98. The summed E-state index contributed by atoms with van der Waals surface area (Å²) in [6.45, 7) is 2.78. The molecule has 0 unspecified atom stereocenters. The largest absolute Gasteiger partial charge is 0.497 e. The maximum Gasteiger partial charge on any atom is 0.338 e. The first kappa shape index (κ1) is 21.7. The molecule has 0 saturated heterocycles. The van der Waals surface area contributed by atoms with E-state index in [-0.39, 0.29) is 11.3 Å². The zero-order chi connectivity index (χ0) is 21.6. The van der Waals surface area contributed by atoms with E-state index in [1.165, 1.54) is 39.3 Å². The molecule has 29 heavy (non-hydrogen) atoms. The van der Waals surface area contributed by atoms with E-state index in [9.17, 15) is 19.7 Å². The summed E-state index contributed by atoms with van der Waals surface area (Å²) in [5.41, 5.74) is 1.06. The molecule has 0 aromatic heterocycles. The Morgan fingerprint density at radius 1 is 1.14 bits per heavy atom. The molecular formula is C20H22N2O7. The molecule has 0 saturated carbocycles. The summed E-state index contributed by atoms with van der Waals surface area (Å²) in [4.78, 5) is 34.6. The number of carbonyl (C=O) groups excluding carboxylic acids is 2. The second-order valence-electron chi connectivity index (χ2n) is 6.23. The van der Waals surface area contributed by atoms with Crippen LogP contribution in [-0.2, 0) is 9.53 Å². The van der Waals surface area contributed by atoms with Gasteiger partial charge in [0.05, 0.1) is 30.7 Å². The number of nitro groups is 1. The van der Waals surface area contributed by atoms with Crippen LogP contribution in [-0.4, -0.2) is 37.6 Å². The van der Waals surface area contributed by atoms with Gasteiger partial charge in [-0.3, -0.25) is 14.9 Å². The quantitative estimate of drug-likeness (QED) is 0.410. The van der Waals surface area contributed by atoms with Gasteiger partial charge in [0.1, 0.15) is 11.5 Å². The maximum atomic E-state index is 12.2. The number of aryl methyl sites for hydroxylation is 1. The van der Waals surface area contributed by atoms with Gasteiger partial charge >= 0.3 is 5.97 Å². The first-order valence-corrected chi connectivity index (χ1v) is 8.70. The monoisotopic (exact) mass is 402 g/mol. The van der Waals surface area contributed by atoms with Gasteiger partial charge in [0.15, 0.2) is 6.61 Å². The summed E-state index contributed by atoms with van der Waals surface area (Å²) >= 11 is 0. The second-order valence-corrected chi connectivity index (χ2v) is 6.23. The molecule has 154 valence electrons. The number of nitro benzene ring substituents is 1. The number of hydrogen-bond donors (Lipinski definition) is 1. The highest BCUT2D eigenvalue weighted by molar-refractivity contribution is 5.91. The van der Waals surface area contributed by atoms with Crippen LogP contribution in [0.25, 0.3) is 0 Å². The number of rotatable bonds is 8. The van der Waals surface area contributed by atoms with Gasteiger partial charge < -0.3 is 19.5 Å². The van der Waals surface area contributed by atoms with Gasteiger partial charge in [-0.25, -0.2) is 4.79 Å². The summed E-state index contributed by atoms with van der Waals surface area (Å²) in [6, 6.07) is 8.65. The van der Waals surface area contributed by atoms with Crippen LogP contribution >= 0.6 is 0 Å². The lowest BCUT2D eigenvalue weighted by atomic mass is 10.1. The molecule has 9 nitrogen and oxygen atoms in total. The Labute approximate surface area is 167 Å². The molecule has 9 heteroatoms. The fraction of sp³-hybridized carbons (Fsp3) is 0.300. The normalized spacial score (nSPS) is 11.3. The lowest BCUT2D eigenvalue weighted by Gasteiger charge is -2.18. The number of carbonyl (C=O) groups is 2. The van der Waals surface area contributed by atoms with E-state index in [1.807, 2.05) is 0 Å². The molecule has 0 aliphatic carbocycles. The van der Waals surface area contributed by atoms with Gasteiger partial charge in [-0.1, -0.05) is 0 Å². The third-order valence-electron chi connectivity index (χ3n) is 4.24. The number of amides is 1. The van der Waals surface area contributed by atoms with E-state index in [0.717, 1.165) is 0 Å². The van der Waals surface area contributed by atoms with E-state index in [2.05, 4.69) is 5.32 Å². The van der Waals surface area contributed by atoms with Gasteiger partial charge in [0.25, 0.3) is 11.6 Å². The van der Waals surface area contributed by atoms with E-state index >= 15 is 0 Å². The summed E-state index contributed by atoms with van der Waals surface area (Å²) in [5, 5.41) is 13.6. The van der Waals surface area contributed by atoms with Crippen LogP contribution < -0.4 is 14.8 Å². The average molecular weight is 402 g/mol. The molecule has 0 aliphatic rings. The summed E-state index contributed by atoms with van der Waals surface area (Å²) in [7, 11) is 3.06. The fourth-order valence-electron chi connectivity index (χ4n) is 2.74. The van der Waals surface area contributed by atoms with Gasteiger partial charge in [-0.05, 0) is 44.2 Å². The highest BCUT2D eigenvalue weighted by atomic mass is 16.6. The van der Waals surface area contributed by atoms with Gasteiger partial charge in [-0.2, -0.15) is 0 Å². The van der Waals surface area contributed by atoms with Crippen LogP contribution in [0.15, 0.2) is 36.4 Å². The number of ether oxygens (including phenoxy) is 3. The van der Waals surface area contributed by atoms with Gasteiger partial charge in [0, 0.05) is 17.2 Å². The van der Waals surface area contributed by atoms with Crippen LogP contribution in [0.4, 0.5) is 5.69 Å². The fourth-order valence-corrected chi connectivity index (χ4v) is 2.74. The van der Waals surface area contributed by atoms with Crippen LogP contribution in [0.5, 0.6) is 11.5 Å². The SMILES string of the molecule is COc1ccc(OC)c([C@@H](C)NC(=O)COC(=O)c2ccc([N+](=O)[O-])c(C)c2)c1.